The van der Waals surface area contributed by atoms with Gasteiger partial charge in [0, 0.05) is 20.6 Å². The highest BCUT2D eigenvalue weighted by molar-refractivity contribution is 5.96. The Morgan fingerprint density at radius 3 is 2.73 bits per heavy atom. The van der Waals surface area contributed by atoms with Gasteiger partial charge in [-0.1, -0.05) is 0 Å². The molecule has 0 aromatic heterocycles. The van der Waals surface area contributed by atoms with Crippen LogP contribution in [0.25, 0.3) is 0 Å². The number of halogens is 1. The van der Waals surface area contributed by atoms with Crippen LogP contribution in [0.2, 0.25) is 0 Å². The summed E-state index contributed by atoms with van der Waals surface area (Å²) in [6.07, 6.45) is 1.81. The van der Waals surface area contributed by atoms with Crippen LogP contribution in [0.3, 0.4) is 0 Å². The van der Waals surface area contributed by atoms with Gasteiger partial charge < -0.3 is 9.80 Å². The van der Waals surface area contributed by atoms with Gasteiger partial charge in [0.25, 0.3) is 0 Å². The summed E-state index contributed by atoms with van der Waals surface area (Å²) in [7, 11) is 3.18. The maximum atomic E-state index is 12.9. The van der Waals surface area contributed by atoms with Crippen molar-refractivity contribution in [3.8, 4) is 0 Å². The van der Waals surface area contributed by atoms with Crippen LogP contribution in [0, 0.1) is 0 Å². The van der Waals surface area contributed by atoms with Crippen LogP contribution in [-0.2, 0) is 9.59 Å². The van der Waals surface area contributed by atoms with Crippen molar-refractivity contribution in [1.82, 2.24) is 9.80 Å². The van der Waals surface area contributed by atoms with Crippen LogP contribution < -0.4 is 0 Å². The molecule has 4 nitrogen and oxygen atoms in total. The van der Waals surface area contributed by atoms with Gasteiger partial charge >= 0.3 is 0 Å². The minimum Gasteiger partial charge on any atom is -0.348 e. The fraction of sp³-hybridized carbons (Fsp3) is 0.600. The number of hydrogen-bond donors (Lipinski definition) is 0. The first kappa shape index (κ1) is 11.7. The number of carbonyl (C=O) groups excluding carboxylic acids is 2. The molecule has 1 heterocycles. The van der Waals surface area contributed by atoms with E-state index in [0.29, 0.717) is 13.0 Å². The molecular weight excluding hydrogens is 199 g/mol. The van der Waals surface area contributed by atoms with Crippen LogP contribution in [-0.4, -0.2) is 48.8 Å². The van der Waals surface area contributed by atoms with Crippen molar-refractivity contribution < 1.29 is 14.0 Å². The summed E-state index contributed by atoms with van der Waals surface area (Å²) in [6, 6.07) is 0. The average Bonchev–Trinajstić information content (AvgIpc) is 2.17. The molecule has 0 saturated heterocycles. The van der Waals surface area contributed by atoms with Gasteiger partial charge in [-0.25, -0.2) is 4.39 Å². The predicted octanol–water partition coefficient (Wildman–Crippen LogP) is 0.550. The summed E-state index contributed by atoms with van der Waals surface area (Å²) in [5.74, 6) is -0.862. The van der Waals surface area contributed by atoms with Gasteiger partial charge in [0.2, 0.25) is 11.8 Å². The Morgan fingerprint density at radius 2 is 2.20 bits per heavy atom. The molecule has 1 rings (SSSR count). The lowest BCUT2D eigenvalue weighted by Crippen LogP contribution is -2.38. The van der Waals surface area contributed by atoms with Crippen molar-refractivity contribution >= 4 is 11.8 Å². The third-order valence-electron chi connectivity index (χ3n) is 2.26. The molecule has 1 aliphatic heterocycles. The summed E-state index contributed by atoms with van der Waals surface area (Å²) in [5.41, 5.74) is 0. The molecule has 2 amide bonds. The van der Waals surface area contributed by atoms with Crippen molar-refractivity contribution in [2.75, 3.05) is 27.2 Å². The molecule has 0 saturated carbocycles. The van der Waals surface area contributed by atoms with E-state index in [1.54, 1.807) is 14.1 Å². The standard InChI is InChI=1S/C10H15FN2O2/c1-12(2)9(14)6-10(15)13-5-3-4-8(11)7-13/h4H,3,5-7H2,1-2H3. The lowest BCUT2D eigenvalue weighted by Gasteiger charge is -2.24. The summed E-state index contributed by atoms with van der Waals surface area (Å²) in [6.45, 7) is 0.493. The number of carbonyl (C=O) groups is 2. The highest BCUT2D eigenvalue weighted by Crippen LogP contribution is 2.11. The molecule has 15 heavy (non-hydrogen) atoms. The SMILES string of the molecule is CN(C)C(=O)CC(=O)N1CCC=C(F)C1. The maximum absolute atomic E-state index is 12.9. The zero-order chi connectivity index (χ0) is 11.4. The van der Waals surface area contributed by atoms with Crippen LogP contribution in [0.1, 0.15) is 12.8 Å². The van der Waals surface area contributed by atoms with Crippen molar-refractivity contribution in [3.63, 3.8) is 0 Å². The Balaban J connectivity index is 2.48. The molecule has 0 aromatic rings. The summed E-state index contributed by atoms with van der Waals surface area (Å²) >= 11 is 0. The summed E-state index contributed by atoms with van der Waals surface area (Å²) in [5, 5.41) is 0. The topological polar surface area (TPSA) is 40.6 Å². The molecule has 0 atom stereocenters. The molecule has 0 radical (unpaired) electrons. The Morgan fingerprint density at radius 1 is 1.53 bits per heavy atom. The van der Waals surface area contributed by atoms with E-state index in [1.807, 2.05) is 0 Å². The van der Waals surface area contributed by atoms with Gasteiger partial charge in [-0.2, -0.15) is 0 Å². The second-order valence-electron chi connectivity index (χ2n) is 3.72. The minimum atomic E-state index is -0.308. The minimum absolute atomic E-state index is 0.000454. The number of rotatable bonds is 2. The van der Waals surface area contributed by atoms with Gasteiger partial charge in [-0.05, 0) is 12.5 Å². The van der Waals surface area contributed by atoms with E-state index in [0.717, 1.165) is 0 Å². The second-order valence-corrected chi connectivity index (χ2v) is 3.72. The quantitative estimate of drug-likeness (QED) is 0.630. The smallest absolute Gasteiger partial charge is 0.232 e. The Labute approximate surface area is 88.3 Å². The predicted molar refractivity (Wildman–Crippen MR) is 53.7 cm³/mol. The molecule has 0 aromatic carbocycles. The van der Waals surface area contributed by atoms with Crippen molar-refractivity contribution in [3.05, 3.63) is 11.9 Å². The van der Waals surface area contributed by atoms with Crippen LogP contribution in [0.4, 0.5) is 4.39 Å². The van der Waals surface area contributed by atoms with E-state index >= 15 is 0 Å². The first-order valence-electron chi connectivity index (χ1n) is 4.83. The fourth-order valence-electron chi connectivity index (χ4n) is 1.32. The van der Waals surface area contributed by atoms with Crippen molar-refractivity contribution in [1.29, 1.82) is 0 Å². The Hall–Kier alpha value is -1.39. The van der Waals surface area contributed by atoms with Crippen LogP contribution in [0.15, 0.2) is 11.9 Å². The van der Waals surface area contributed by atoms with Gasteiger partial charge in [0.05, 0.1) is 6.54 Å². The van der Waals surface area contributed by atoms with Gasteiger partial charge in [-0.3, -0.25) is 9.59 Å². The molecule has 0 N–H and O–H groups in total. The Kier molecular flexibility index (Phi) is 3.82. The highest BCUT2D eigenvalue weighted by Gasteiger charge is 2.21. The third kappa shape index (κ3) is 3.34. The van der Waals surface area contributed by atoms with Crippen LogP contribution in [0.5, 0.6) is 0 Å². The second kappa shape index (κ2) is 4.91. The number of hydrogen-bond acceptors (Lipinski definition) is 2. The van der Waals surface area contributed by atoms with E-state index in [-0.39, 0.29) is 30.6 Å². The molecule has 0 spiro atoms. The molecule has 0 bridgehead atoms. The van der Waals surface area contributed by atoms with Crippen molar-refractivity contribution in [2.45, 2.75) is 12.8 Å². The van der Waals surface area contributed by atoms with E-state index in [2.05, 4.69) is 0 Å². The normalized spacial score (nSPS) is 15.9. The number of nitrogens with zero attached hydrogens (tertiary/aromatic N) is 2. The van der Waals surface area contributed by atoms with Gasteiger partial charge in [0.1, 0.15) is 12.2 Å². The average molecular weight is 214 g/mol. The molecular formula is C10H15FN2O2. The third-order valence-corrected chi connectivity index (χ3v) is 2.26. The van der Waals surface area contributed by atoms with Gasteiger partial charge in [-0.15, -0.1) is 0 Å². The maximum Gasteiger partial charge on any atom is 0.232 e. The molecule has 0 fully saturated rings. The van der Waals surface area contributed by atoms with E-state index < -0.39 is 0 Å². The lowest BCUT2D eigenvalue weighted by molar-refractivity contribution is -0.139. The first-order valence-corrected chi connectivity index (χ1v) is 4.83. The van der Waals surface area contributed by atoms with E-state index in [9.17, 15) is 14.0 Å². The summed E-state index contributed by atoms with van der Waals surface area (Å²) in [4.78, 5) is 25.5. The largest absolute Gasteiger partial charge is 0.348 e. The summed E-state index contributed by atoms with van der Waals surface area (Å²) < 4.78 is 12.9. The van der Waals surface area contributed by atoms with E-state index in [4.69, 9.17) is 0 Å². The molecule has 84 valence electrons. The molecule has 0 unspecified atom stereocenters. The molecule has 0 aliphatic carbocycles. The lowest BCUT2D eigenvalue weighted by atomic mass is 10.2. The monoisotopic (exact) mass is 214 g/mol. The molecule has 5 heteroatoms. The molecule has 1 aliphatic rings. The highest BCUT2D eigenvalue weighted by atomic mass is 19.1. The Bertz CT molecular complexity index is 300. The fourth-order valence-corrected chi connectivity index (χ4v) is 1.32. The zero-order valence-corrected chi connectivity index (χ0v) is 8.99. The zero-order valence-electron chi connectivity index (χ0n) is 8.99. The van der Waals surface area contributed by atoms with Crippen LogP contribution >= 0.6 is 0 Å². The van der Waals surface area contributed by atoms with Gasteiger partial charge in [0.15, 0.2) is 0 Å². The van der Waals surface area contributed by atoms with E-state index in [1.165, 1.54) is 15.9 Å². The van der Waals surface area contributed by atoms with Crippen molar-refractivity contribution in [2.24, 2.45) is 0 Å². The number of amides is 2. The first-order chi connectivity index (χ1) is 7.00.